The molecule has 5 aliphatic rings. The van der Waals surface area contributed by atoms with E-state index in [0.717, 1.165) is 19.3 Å². The lowest BCUT2D eigenvalue weighted by molar-refractivity contribution is -0.266. The lowest BCUT2D eigenvalue weighted by Gasteiger charge is -2.58. The molecular weight excluding hydrogens is 316 g/mol. The molecule has 0 nitrogen and oxygen atoms in total. The highest BCUT2D eigenvalue weighted by Crippen LogP contribution is 2.64. The van der Waals surface area contributed by atoms with Crippen molar-refractivity contribution in [2.45, 2.75) is 77.1 Å². The van der Waals surface area contributed by atoms with Crippen molar-refractivity contribution < 1.29 is 17.6 Å². The first kappa shape index (κ1) is 17.1. The van der Waals surface area contributed by atoms with E-state index in [0.29, 0.717) is 49.9 Å². The topological polar surface area (TPSA) is 0 Å². The summed E-state index contributed by atoms with van der Waals surface area (Å²) in [6.45, 7) is 4.33. The minimum absolute atomic E-state index is 0.199. The van der Waals surface area contributed by atoms with Crippen molar-refractivity contribution >= 4 is 0 Å². The summed E-state index contributed by atoms with van der Waals surface area (Å²) >= 11 is 0. The van der Waals surface area contributed by atoms with E-state index in [2.05, 4.69) is 13.8 Å². The Bertz CT molecular complexity index is 460. The predicted molar refractivity (Wildman–Crippen MR) is 86.1 cm³/mol. The third-order valence-electron chi connectivity index (χ3n) is 8.32. The van der Waals surface area contributed by atoms with Gasteiger partial charge in [0.1, 0.15) is 0 Å². The van der Waals surface area contributed by atoms with Crippen LogP contribution in [0.3, 0.4) is 0 Å². The van der Waals surface area contributed by atoms with Gasteiger partial charge in [-0.15, -0.1) is 0 Å². The van der Waals surface area contributed by atoms with E-state index >= 15 is 0 Å². The molecule has 5 fully saturated rings. The van der Waals surface area contributed by atoms with Crippen LogP contribution in [-0.4, -0.2) is 11.8 Å². The van der Waals surface area contributed by atoms with Gasteiger partial charge in [0, 0.05) is 23.7 Å². The molecule has 138 valence electrons. The zero-order valence-electron chi connectivity index (χ0n) is 14.8. The van der Waals surface area contributed by atoms with Gasteiger partial charge < -0.3 is 0 Å². The smallest absolute Gasteiger partial charge is 0.206 e. The molecule has 4 heteroatoms. The van der Waals surface area contributed by atoms with E-state index in [-0.39, 0.29) is 29.6 Å². The SMILES string of the molecule is C[C@H](CC[C@H](C)C1C2CCCC1C2(F)F)C1CC2CC(C1)C2(F)F. The molecule has 6 atom stereocenters. The molecular formula is C20H30F4. The molecule has 5 aliphatic carbocycles. The fourth-order valence-corrected chi connectivity index (χ4v) is 6.65. The fraction of sp³-hybridized carbons (Fsp3) is 1.00. The number of hydrogen-bond acceptors (Lipinski definition) is 0. The molecule has 0 saturated heterocycles. The fourth-order valence-electron chi connectivity index (χ4n) is 6.65. The van der Waals surface area contributed by atoms with Crippen LogP contribution in [0.25, 0.3) is 0 Å². The third kappa shape index (κ3) is 2.37. The van der Waals surface area contributed by atoms with Crippen molar-refractivity contribution in [2.24, 2.45) is 47.3 Å². The van der Waals surface area contributed by atoms with Crippen molar-refractivity contribution in [1.82, 2.24) is 0 Å². The summed E-state index contributed by atoms with van der Waals surface area (Å²) in [4.78, 5) is 0. The third-order valence-corrected chi connectivity index (χ3v) is 8.32. The van der Waals surface area contributed by atoms with Gasteiger partial charge in [-0.1, -0.05) is 33.1 Å². The highest BCUT2D eigenvalue weighted by Gasteiger charge is 2.66. The lowest BCUT2D eigenvalue weighted by Crippen LogP contribution is -2.61. The quantitative estimate of drug-likeness (QED) is 0.505. The first-order valence-corrected chi connectivity index (χ1v) is 9.98. The van der Waals surface area contributed by atoms with Crippen LogP contribution in [-0.2, 0) is 0 Å². The molecule has 0 spiro atoms. The minimum atomic E-state index is -2.42. The summed E-state index contributed by atoms with van der Waals surface area (Å²) < 4.78 is 55.4. The molecule has 4 unspecified atom stereocenters. The average Bonchev–Trinajstić information content (AvgIpc) is 2.58. The molecule has 0 aromatic carbocycles. The zero-order chi connectivity index (χ0) is 17.3. The van der Waals surface area contributed by atoms with Gasteiger partial charge in [-0.25, -0.2) is 17.6 Å². The van der Waals surface area contributed by atoms with Crippen LogP contribution in [0.5, 0.6) is 0 Å². The molecule has 4 bridgehead atoms. The molecule has 0 aromatic heterocycles. The summed E-state index contributed by atoms with van der Waals surface area (Å²) in [7, 11) is 0. The van der Waals surface area contributed by atoms with Gasteiger partial charge in [-0.05, 0) is 55.8 Å². The summed E-state index contributed by atoms with van der Waals surface area (Å²) in [6.07, 6.45) is 6.40. The lowest BCUT2D eigenvalue weighted by atomic mass is 9.50. The van der Waals surface area contributed by atoms with E-state index in [9.17, 15) is 17.6 Å². The van der Waals surface area contributed by atoms with Gasteiger partial charge in [0.15, 0.2) is 0 Å². The van der Waals surface area contributed by atoms with Crippen molar-refractivity contribution in [1.29, 1.82) is 0 Å². The van der Waals surface area contributed by atoms with Crippen molar-refractivity contribution in [3.63, 3.8) is 0 Å². The van der Waals surface area contributed by atoms with E-state index in [1.54, 1.807) is 0 Å². The number of rotatable bonds is 5. The van der Waals surface area contributed by atoms with Crippen LogP contribution in [0.1, 0.15) is 65.2 Å². The monoisotopic (exact) mass is 346 g/mol. The highest BCUT2D eigenvalue weighted by atomic mass is 19.3. The molecule has 0 heterocycles. The van der Waals surface area contributed by atoms with Gasteiger partial charge in [0.25, 0.3) is 11.8 Å². The largest absolute Gasteiger partial charge is 0.254 e. The van der Waals surface area contributed by atoms with Crippen molar-refractivity contribution in [3.05, 3.63) is 0 Å². The van der Waals surface area contributed by atoms with E-state index < -0.39 is 11.8 Å². The van der Waals surface area contributed by atoms with Gasteiger partial charge in [-0.2, -0.15) is 0 Å². The molecule has 0 amide bonds. The number of halogens is 4. The van der Waals surface area contributed by atoms with Gasteiger partial charge in [0.2, 0.25) is 0 Å². The molecule has 5 saturated carbocycles. The maximum atomic E-state index is 14.0. The molecule has 0 N–H and O–H groups in total. The maximum absolute atomic E-state index is 14.0. The van der Waals surface area contributed by atoms with Crippen molar-refractivity contribution in [3.8, 4) is 0 Å². The Morgan fingerprint density at radius 1 is 0.792 bits per heavy atom. The molecule has 0 aromatic rings. The van der Waals surface area contributed by atoms with Gasteiger partial charge in [0.05, 0.1) is 0 Å². The molecule has 0 aliphatic heterocycles. The second-order valence-electron chi connectivity index (χ2n) is 9.46. The summed E-state index contributed by atoms with van der Waals surface area (Å²) in [6, 6.07) is 0. The maximum Gasteiger partial charge on any atom is 0.254 e. The number of hydrogen-bond donors (Lipinski definition) is 0. The predicted octanol–water partition coefficient (Wildman–Crippen LogP) is 6.40. The molecule has 5 rings (SSSR count). The van der Waals surface area contributed by atoms with Crippen molar-refractivity contribution in [2.75, 3.05) is 0 Å². The Hall–Kier alpha value is -0.280. The van der Waals surface area contributed by atoms with E-state index in [1.165, 1.54) is 0 Å². The Morgan fingerprint density at radius 2 is 1.33 bits per heavy atom. The van der Waals surface area contributed by atoms with Crippen LogP contribution < -0.4 is 0 Å². The van der Waals surface area contributed by atoms with Crippen LogP contribution in [0.2, 0.25) is 0 Å². The average molecular weight is 346 g/mol. The second-order valence-corrected chi connectivity index (χ2v) is 9.46. The first-order valence-electron chi connectivity index (χ1n) is 9.98. The highest BCUT2D eigenvalue weighted by molar-refractivity contribution is 5.07. The summed E-state index contributed by atoms with van der Waals surface area (Å²) in [5, 5.41) is 0. The normalized spacial score (nSPS) is 47.2. The summed E-state index contributed by atoms with van der Waals surface area (Å²) in [5.41, 5.74) is 0. The van der Waals surface area contributed by atoms with Crippen LogP contribution in [0.4, 0.5) is 17.6 Å². The number of alkyl halides is 4. The van der Waals surface area contributed by atoms with Crippen LogP contribution >= 0.6 is 0 Å². The zero-order valence-corrected chi connectivity index (χ0v) is 14.8. The van der Waals surface area contributed by atoms with Crippen LogP contribution in [0, 0.1) is 47.3 Å². The van der Waals surface area contributed by atoms with Gasteiger partial charge in [-0.3, -0.25) is 0 Å². The van der Waals surface area contributed by atoms with E-state index in [4.69, 9.17) is 0 Å². The second kappa shape index (κ2) is 5.61. The Kier molecular flexibility index (Phi) is 4.01. The van der Waals surface area contributed by atoms with Gasteiger partial charge >= 0.3 is 0 Å². The molecule has 24 heavy (non-hydrogen) atoms. The number of fused-ring (bicyclic) bond motifs is 4. The first-order chi connectivity index (χ1) is 11.2. The van der Waals surface area contributed by atoms with E-state index in [1.807, 2.05) is 0 Å². The summed E-state index contributed by atoms with van der Waals surface area (Å²) in [5.74, 6) is -4.94. The Morgan fingerprint density at radius 3 is 1.83 bits per heavy atom. The minimum Gasteiger partial charge on any atom is -0.206 e. The van der Waals surface area contributed by atoms with Crippen LogP contribution in [0.15, 0.2) is 0 Å². The Labute approximate surface area is 142 Å². The Balaban J connectivity index is 1.27. The standard InChI is InChI=1S/C20H30F4/c1-11(13-8-14-10-15(9-13)19(14,21)22)6-7-12(2)18-16-4-3-5-17(18)20(16,23)24/h11-18H,3-10H2,1-2H3/t11-,12+,13?,14?,15?,16?,17?,18?/m1/s1. The molecule has 0 radical (unpaired) electrons.